The molecule has 0 radical (unpaired) electrons. The number of nitrogens with zero attached hydrogens (tertiary/aromatic N) is 3. The zero-order chi connectivity index (χ0) is 15.1. The maximum Gasteiger partial charge on any atom is 0.317 e. The van der Waals surface area contributed by atoms with E-state index in [9.17, 15) is 4.79 Å². The third-order valence-corrected chi connectivity index (χ3v) is 5.61. The largest absolute Gasteiger partial charge is 0.334 e. The molecule has 122 valence electrons. The van der Waals surface area contributed by atoms with E-state index in [2.05, 4.69) is 22.2 Å². The number of likely N-dealkylation sites (N-methyl/N-ethyl adjacent to an activating group) is 1. The van der Waals surface area contributed by atoms with E-state index in [1.807, 2.05) is 23.7 Å². The first kappa shape index (κ1) is 16.9. The van der Waals surface area contributed by atoms with Crippen molar-refractivity contribution in [3.63, 3.8) is 0 Å². The Hall–Kier alpha value is -0.460. The van der Waals surface area contributed by atoms with Gasteiger partial charge in [-0.3, -0.25) is 0 Å². The molecule has 0 spiro atoms. The van der Waals surface area contributed by atoms with E-state index in [-0.39, 0.29) is 6.03 Å². The molecule has 0 aromatic heterocycles. The van der Waals surface area contributed by atoms with Crippen LogP contribution in [0.4, 0.5) is 4.79 Å². The minimum absolute atomic E-state index is 0.0980. The summed E-state index contributed by atoms with van der Waals surface area (Å²) in [6, 6.07) is 0.470. The first-order chi connectivity index (χ1) is 10.1. The molecule has 1 N–H and O–H groups in total. The number of hydrogen-bond acceptors (Lipinski definition) is 4. The van der Waals surface area contributed by atoms with Crippen molar-refractivity contribution in [3.05, 3.63) is 0 Å². The van der Waals surface area contributed by atoms with Crippen LogP contribution in [0.15, 0.2) is 0 Å². The molecule has 5 nitrogen and oxygen atoms in total. The smallest absolute Gasteiger partial charge is 0.317 e. The van der Waals surface area contributed by atoms with Crippen molar-refractivity contribution in [2.75, 3.05) is 64.9 Å². The van der Waals surface area contributed by atoms with Crippen molar-refractivity contribution >= 4 is 17.8 Å². The summed E-state index contributed by atoms with van der Waals surface area (Å²) in [4.78, 5) is 18.8. The molecule has 0 unspecified atom stereocenters. The Kier molecular flexibility index (Phi) is 7.13. The number of nitrogens with one attached hydrogen (secondary N) is 1. The van der Waals surface area contributed by atoms with Gasteiger partial charge in [0.25, 0.3) is 0 Å². The van der Waals surface area contributed by atoms with Crippen LogP contribution in [0.25, 0.3) is 0 Å². The second-order valence-electron chi connectivity index (χ2n) is 6.28. The van der Waals surface area contributed by atoms with Crippen LogP contribution in [-0.2, 0) is 0 Å². The molecule has 2 rings (SSSR count). The van der Waals surface area contributed by atoms with Crippen LogP contribution in [0.1, 0.15) is 19.3 Å². The summed E-state index contributed by atoms with van der Waals surface area (Å²) in [5, 5.41) is 3.16. The van der Waals surface area contributed by atoms with Crippen LogP contribution in [0.2, 0.25) is 0 Å². The number of piperazine rings is 1. The van der Waals surface area contributed by atoms with E-state index in [0.717, 1.165) is 57.9 Å². The van der Waals surface area contributed by atoms with Gasteiger partial charge in [0.05, 0.1) is 0 Å². The van der Waals surface area contributed by atoms with Crippen molar-refractivity contribution < 1.29 is 4.79 Å². The molecular weight excluding hydrogens is 284 g/mol. The van der Waals surface area contributed by atoms with E-state index in [0.29, 0.717) is 6.04 Å². The molecule has 2 amide bonds. The van der Waals surface area contributed by atoms with Crippen LogP contribution < -0.4 is 5.32 Å². The van der Waals surface area contributed by atoms with Crippen molar-refractivity contribution in [2.24, 2.45) is 0 Å². The molecule has 0 aromatic carbocycles. The average molecular weight is 314 g/mol. The van der Waals surface area contributed by atoms with Gasteiger partial charge >= 0.3 is 6.03 Å². The van der Waals surface area contributed by atoms with E-state index in [4.69, 9.17) is 0 Å². The standard InChI is InChI=1S/C15H30N4OS/c1-17-8-10-19(11-9-17)7-4-6-18(2)15(20)16-14-5-3-12-21-13-14/h14H,3-13H2,1-2H3,(H,16,20)/t14-/m1/s1. The highest BCUT2D eigenvalue weighted by atomic mass is 32.2. The zero-order valence-electron chi connectivity index (χ0n) is 13.5. The molecule has 2 aliphatic heterocycles. The number of rotatable bonds is 5. The Labute approximate surface area is 133 Å². The van der Waals surface area contributed by atoms with E-state index in [1.165, 1.54) is 12.2 Å². The third kappa shape index (κ3) is 6.04. The number of hydrogen-bond donors (Lipinski definition) is 1. The Morgan fingerprint density at radius 2 is 2.10 bits per heavy atom. The van der Waals surface area contributed by atoms with Gasteiger partial charge in [-0.05, 0) is 38.6 Å². The molecule has 1 atom stereocenters. The fourth-order valence-corrected chi connectivity index (χ4v) is 3.92. The van der Waals surface area contributed by atoms with Gasteiger partial charge in [0, 0.05) is 51.6 Å². The molecular formula is C15H30N4OS. The zero-order valence-corrected chi connectivity index (χ0v) is 14.3. The highest BCUT2D eigenvalue weighted by Crippen LogP contribution is 2.16. The van der Waals surface area contributed by atoms with Crippen molar-refractivity contribution in [1.82, 2.24) is 20.0 Å². The fourth-order valence-electron chi connectivity index (χ4n) is 2.84. The van der Waals surface area contributed by atoms with Crippen LogP contribution in [-0.4, -0.2) is 91.6 Å². The molecule has 6 heteroatoms. The average Bonchev–Trinajstić information content (AvgIpc) is 2.50. The van der Waals surface area contributed by atoms with Gasteiger partial charge in [0.2, 0.25) is 0 Å². The van der Waals surface area contributed by atoms with Gasteiger partial charge in [-0.25, -0.2) is 4.79 Å². The molecule has 2 aliphatic rings. The quantitative estimate of drug-likeness (QED) is 0.826. The lowest BCUT2D eigenvalue weighted by atomic mass is 10.2. The topological polar surface area (TPSA) is 38.8 Å². The molecule has 21 heavy (non-hydrogen) atoms. The Balaban J connectivity index is 1.57. The molecule has 0 aliphatic carbocycles. The summed E-state index contributed by atoms with van der Waals surface area (Å²) >= 11 is 1.95. The molecule has 0 aromatic rings. The number of carbonyl (C=O) groups is 1. The monoisotopic (exact) mass is 314 g/mol. The molecule has 2 fully saturated rings. The lowest BCUT2D eigenvalue weighted by Gasteiger charge is -2.32. The lowest BCUT2D eigenvalue weighted by molar-refractivity contribution is 0.148. The van der Waals surface area contributed by atoms with Crippen molar-refractivity contribution in [2.45, 2.75) is 25.3 Å². The maximum atomic E-state index is 12.1. The van der Waals surface area contributed by atoms with Gasteiger partial charge in [-0.15, -0.1) is 0 Å². The molecule has 0 bridgehead atoms. The van der Waals surface area contributed by atoms with Crippen LogP contribution in [0.3, 0.4) is 0 Å². The highest BCUT2D eigenvalue weighted by molar-refractivity contribution is 7.99. The van der Waals surface area contributed by atoms with Gasteiger partial charge in [0.15, 0.2) is 0 Å². The minimum Gasteiger partial charge on any atom is -0.334 e. The van der Waals surface area contributed by atoms with Crippen LogP contribution in [0, 0.1) is 0 Å². The normalized spacial score (nSPS) is 24.8. The van der Waals surface area contributed by atoms with Gasteiger partial charge in [0.1, 0.15) is 0 Å². The summed E-state index contributed by atoms with van der Waals surface area (Å²) in [5.74, 6) is 2.31. The Morgan fingerprint density at radius 1 is 1.33 bits per heavy atom. The van der Waals surface area contributed by atoms with Crippen LogP contribution in [0.5, 0.6) is 0 Å². The number of urea groups is 1. The van der Waals surface area contributed by atoms with Crippen LogP contribution >= 0.6 is 11.8 Å². The number of carbonyl (C=O) groups excluding carboxylic acids is 1. The summed E-state index contributed by atoms with van der Waals surface area (Å²) in [7, 11) is 4.09. The van der Waals surface area contributed by atoms with Gasteiger partial charge in [-0.2, -0.15) is 11.8 Å². The second kappa shape index (κ2) is 8.86. The minimum atomic E-state index is 0.0980. The predicted octanol–water partition coefficient (Wildman–Crippen LogP) is 1.16. The summed E-state index contributed by atoms with van der Waals surface area (Å²) in [5.41, 5.74) is 0. The summed E-state index contributed by atoms with van der Waals surface area (Å²) in [6.45, 7) is 6.59. The number of thioether (sulfide) groups is 1. The van der Waals surface area contributed by atoms with Crippen molar-refractivity contribution in [3.8, 4) is 0 Å². The van der Waals surface area contributed by atoms with Gasteiger partial charge in [-0.1, -0.05) is 0 Å². The SMILES string of the molecule is CN1CCN(CCCN(C)C(=O)N[C@@H]2CCCSC2)CC1. The maximum absolute atomic E-state index is 12.1. The molecule has 0 saturated carbocycles. The van der Waals surface area contributed by atoms with Gasteiger partial charge < -0.3 is 20.0 Å². The highest BCUT2D eigenvalue weighted by Gasteiger charge is 2.18. The lowest BCUT2D eigenvalue weighted by Crippen LogP contribution is -2.47. The summed E-state index contributed by atoms with van der Waals surface area (Å²) in [6.07, 6.45) is 3.42. The first-order valence-corrected chi connectivity index (χ1v) is 9.31. The molecule has 2 heterocycles. The first-order valence-electron chi connectivity index (χ1n) is 8.15. The fraction of sp³-hybridized carbons (Fsp3) is 0.933. The van der Waals surface area contributed by atoms with E-state index < -0.39 is 0 Å². The third-order valence-electron chi connectivity index (χ3n) is 4.40. The second-order valence-corrected chi connectivity index (χ2v) is 7.43. The van der Waals surface area contributed by atoms with Crippen molar-refractivity contribution in [1.29, 1.82) is 0 Å². The summed E-state index contributed by atoms with van der Waals surface area (Å²) < 4.78 is 0. The Morgan fingerprint density at radius 3 is 2.76 bits per heavy atom. The Bertz CT molecular complexity index is 315. The van der Waals surface area contributed by atoms with E-state index in [1.54, 1.807) is 0 Å². The number of amides is 2. The molecule has 2 saturated heterocycles. The van der Waals surface area contributed by atoms with E-state index >= 15 is 0 Å². The predicted molar refractivity (Wildman–Crippen MR) is 90.1 cm³/mol.